The van der Waals surface area contributed by atoms with Crippen LogP contribution < -0.4 is 4.90 Å². The number of hydrogen-bond acceptors (Lipinski definition) is 5. The first-order valence-electron chi connectivity index (χ1n) is 8.55. The highest BCUT2D eigenvalue weighted by Gasteiger charge is 2.33. The lowest BCUT2D eigenvalue weighted by Gasteiger charge is -2.26. The molecule has 1 aliphatic rings. The molecular formula is C17H27N3O3S. The molecule has 0 aromatic carbocycles. The van der Waals surface area contributed by atoms with E-state index in [9.17, 15) is 13.2 Å². The third-order valence-corrected chi connectivity index (χ3v) is 6.15. The Morgan fingerprint density at radius 3 is 2.46 bits per heavy atom. The highest BCUT2D eigenvalue weighted by atomic mass is 32.2. The zero-order valence-corrected chi connectivity index (χ0v) is 15.6. The van der Waals surface area contributed by atoms with Crippen molar-refractivity contribution < 1.29 is 13.2 Å². The molecule has 2 heterocycles. The maximum atomic E-state index is 12.7. The molecule has 0 saturated carbocycles. The Bertz CT molecular complexity index is 669. The van der Waals surface area contributed by atoms with Crippen molar-refractivity contribution in [2.45, 2.75) is 39.2 Å². The third kappa shape index (κ3) is 4.47. The highest BCUT2D eigenvalue weighted by Crippen LogP contribution is 2.21. The Hall–Kier alpha value is -1.63. The summed E-state index contributed by atoms with van der Waals surface area (Å²) >= 11 is 0. The fraction of sp³-hybridized carbons (Fsp3) is 0.647. The number of sulfone groups is 1. The second kappa shape index (κ2) is 7.96. The van der Waals surface area contributed by atoms with E-state index >= 15 is 0 Å². The van der Waals surface area contributed by atoms with E-state index in [1.807, 2.05) is 6.07 Å². The normalized spacial score (nSPS) is 19.2. The highest BCUT2D eigenvalue weighted by molar-refractivity contribution is 7.91. The number of pyridine rings is 1. The van der Waals surface area contributed by atoms with Gasteiger partial charge in [-0.2, -0.15) is 0 Å². The number of rotatable bonds is 7. The minimum atomic E-state index is -3.01. The molecule has 7 heteroatoms. The minimum Gasteiger partial charge on any atom is -0.370 e. The number of carbonyl (C=O) groups excluding carboxylic acids is 1. The molecule has 1 unspecified atom stereocenters. The lowest BCUT2D eigenvalue weighted by Crippen LogP contribution is -2.38. The molecule has 0 spiro atoms. The zero-order valence-electron chi connectivity index (χ0n) is 14.7. The Morgan fingerprint density at radius 2 is 1.92 bits per heavy atom. The molecular weight excluding hydrogens is 326 g/mol. The Balaban J connectivity index is 2.16. The molecule has 1 atom stereocenters. The molecule has 1 aromatic heterocycles. The summed E-state index contributed by atoms with van der Waals surface area (Å²) in [6, 6.07) is 1.62. The summed E-state index contributed by atoms with van der Waals surface area (Å²) in [5.74, 6) is 0.0495. The molecule has 1 amide bonds. The van der Waals surface area contributed by atoms with Crippen molar-refractivity contribution in [2.75, 3.05) is 36.5 Å². The lowest BCUT2D eigenvalue weighted by atomic mass is 10.1. The second-order valence-corrected chi connectivity index (χ2v) is 8.62. The third-order valence-electron chi connectivity index (χ3n) is 4.40. The van der Waals surface area contributed by atoms with Crippen LogP contribution in [0.1, 0.15) is 43.5 Å². The Labute approximate surface area is 144 Å². The van der Waals surface area contributed by atoms with Crippen molar-refractivity contribution in [2.24, 2.45) is 0 Å². The van der Waals surface area contributed by atoms with E-state index in [0.29, 0.717) is 12.0 Å². The maximum absolute atomic E-state index is 12.7. The number of anilines is 1. The summed E-state index contributed by atoms with van der Waals surface area (Å²) in [6.07, 6.45) is 5.90. The lowest BCUT2D eigenvalue weighted by molar-refractivity contribution is 0.0747. The van der Waals surface area contributed by atoms with Crippen LogP contribution in [0.15, 0.2) is 18.5 Å². The van der Waals surface area contributed by atoms with Crippen molar-refractivity contribution in [1.82, 2.24) is 9.88 Å². The van der Waals surface area contributed by atoms with Gasteiger partial charge in [0, 0.05) is 32.4 Å². The van der Waals surface area contributed by atoms with E-state index in [-0.39, 0.29) is 23.5 Å². The minimum absolute atomic E-state index is 0.0557. The van der Waals surface area contributed by atoms with E-state index in [1.54, 1.807) is 24.3 Å². The molecule has 134 valence electrons. The summed E-state index contributed by atoms with van der Waals surface area (Å²) in [5, 5.41) is 0. The summed E-state index contributed by atoms with van der Waals surface area (Å²) in [7, 11) is -1.33. The van der Waals surface area contributed by atoms with Gasteiger partial charge >= 0.3 is 0 Å². The topological polar surface area (TPSA) is 70.6 Å². The Kier molecular flexibility index (Phi) is 6.21. The first-order chi connectivity index (χ1) is 11.4. The molecule has 0 bridgehead atoms. The van der Waals surface area contributed by atoms with Crippen molar-refractivity contribution in [3.8, 4) is 0 Å². The summed E-state index contributed by atoms with van der Waals surface area (Å²) in [5.41, 5.74) is 1.45. The van der Waals surface area contributed by atoms with Gasteiger partial charge < -0.3 is 9.80 Å². The van der Waals surface area contributed by atoms with Crippen LogP contribution in [0.25, 0.3) is 0 Å². The van der Waals surface area contributed by atoms with Gasteiger partial charge in [0.15, 0.2) is 9.84 Å². The first-order valence-corrected chi connectivity index (χ1v) is 10.4. The summed E-state index contributed by atoms with van der Waals surface area (Å²) < 4.78 is 23.3. The molecule has 0 radical (unpaired) electrons. The SMILES string of the molecule is CCCN(CCC)c1cncc(C(=O)N(C)C2CCS(=O)(=O)C2)c1. The molecule has 1 aliphatic heterocycles. The van der Waals surface area contributed by atoms with Crippen LogP contribution in [0.2, 0.25) is 0 Å². The molecule has 1 aromatic rings. The van der Waals surface area contributed by atoms with Gasteiger partial charge in [0.2, 0.25) is 0 Å². The van der Waals surface area contributed by atoms with E-state index in [2.05, 4.69) is 23.7 Å². The van der Waals surface area contributed by atoms with Gasteiger partial charge in [0.25, 0.3) is 5.91 Å². The molecule has 0 aliphatic carbocycles. The predicted molar refractivity (Wildman–Crippen MR) is 96.2 cm³/mol. The van der Waals surface area contributed by atoms with Crippen LogP contribution in [0, 0.1) is 0 Å². The maximum Gasteiger partial charge on any atom is 0.255 e. The van der Waals surface area contributed by atoms with Crippen molar-refractivity contribution in [3.05, 3.63) is 24.0 Å². The quantitative estimate of drug-likeness (QED) is 0.749. The summed E-state index contributed by atoms with van der Waals surface area (Å²) in [6.45, 7) is 6.09. The van der Waals surface area contributed by atoms with Gasteiger partial charge in [-0.05, 0) is 25.3 Å². The molecule has 2 rings (SSSR count). The molecule has 0 N–H and O–H groups in total. The monoisotopic (exact) mass is 353 g/mol. The van der Waals surface area contributed by atoms with Gasteiger partial charge in [-0.15, -0.1) is 0 Å². The predicted octanol–water partition coefficient (Wildman–Crippen LogP) is 1.97. The van der Waals surface area contributed by atoms with Gasteiger partial charge in [-0.25, -0.2) is 8.42 Å². The largest absolute Gasteiger partial charge is 0.370 e. The smallest absolute Gasteiger partial charge is 0.255 e. The second-order valence-electron chi connectivity index (χ2n) is 6.39. The van der Waals surface area contributed by atoms with E-state index in [4.69, 9.17) is 0 Å². The standard InChI is InChI=1S/C17H27N3O3S/c1-4-7-20(8-5-2)16-10-14(11-18-12-16)17(21)19(3)15-6-9-24(22,23)13-15/h10-12,15H,4-9,13H2,1-3H3. The van der Waals surface area contributed by atoms with Gasteiger partial charge in [-0.1, -0.05) is 13.8 Å². The fourth-order valence-corrected chi connectivity index (χ4v) is 4.85. The van der Waals surface area contributed by atoms with E-state index in [1.165, 1.54) is 0 Å². The van der Waals surface area contributed by atoms with Crippen molar-refractivity contribution in [3.63, 3.8) is 0 Å². The van der Waals surface area contributed by atoms with Gasteiger partial charge in [0.1, 0.15) is 0 Å². The van der Waals surface area contributed by atoms with Crippen LogP contribution in [0.3, 0.4) is 0 Å². The first kappa shape index (κ1) is 18.7. The molecule has 1 fully saturated rings. The van der Waals surface area contributed by atoms with Gasteiger partial charge in [-0.3, -0.25) is 9.78 Å². The average Bonchev–Trinajstić information content (AvgIpc) is 2.93. The van der Waals surface area contributed by atoms with Gasteiger partial charge in [0.05, 0.1) is 29.0 Å². The number of carbonyl (C=O) groups is 1. The molecule has 6 nitrogen and oxygen atoms in total. The molecule has 24 heavy (non-hydrogen) atoms. The zero-order chi connectivity index (χ0) is 17.7. The van der Waals surface area contributed by atoms with E-state index in [0.717, 1.165) is 31.6 Å². The number of amides is 1. The fourth-order valence-electron chi connectivity index (χ4n) is 3.08. The Morgan fingerprint density at radius 1 is 1.25 bits per heavy atom. The van der Waals surface area contributed by atoms with Crippen LogP contribution in [-0.4, -0.2) is 61.9 Å². The van der Waals surface area contributed by atoms with Crippen LogP contribution in [0.5, 0.6) is 0 Å². The number of aromatic nitrogens is 1. The van der Waals surface area contributed by atoms with Crippen molar-refractivity contribution >= 4 is 21.4 Å². The van der Waals surface area contributed by atoms with E-state index < -0.39 is 9.84 Å². The summed E-state index contributed by atoms with van der Waals surface area (Å²) in [4.78, 5) is 20.7. The van der Waals surface area contributed by atoms with Crippen molar-refractivity contribution in [1.29, 1.82) is 0 Å². The molecule has 1 saturated heterocycles. The van der Waals surface area contributed by atoms with Crippen LogP contribution >= 0.6 is 0 Å². The number of nitrogens with zero attached hydrogens (tertiary/aromatic N) is 3. The van der Waals surface area contributed by atoms with Crippen LogP contribution in [0.4, 0.5) is 5.69 Å². The number of hydrogen-bond donors (Lipinski definition) is 0. The van der Waals surface area contributed by atoms with Crippen LogP contribution in [-0.2, 0) is 9.84 Å². The average molecular weight is 353 g/mol.